The first kappa shape index (κ1) is 8.89. The summed E-state index contributed by atoms with van der Waals surface area (Å²) in [6.45, 7) is 0. The summed E-state index contributed by atoms with van der Waals surface area (Å²) in [6, 6.07) is 6.51. The fourth-order valence-electron chi connectivity index (χ4n) is 0.988. The first-order chi connectivity index (χ1) is 6.19. The van der Waals surface area contributed by atoms with Gasteiger partial charge in [0.2, 0.25) is 0 Å². The Hall–Kier alpha value is -2.20. The molecule has 0 aromatic heterocycles. The molecule has 0 amide bonds. The molecule has 0 unspecified atom stereocenters. The first-order valence-corrected chi connectivity index (χ1v) is 3.57. The number of aromatic hydroxyl groups is 1. The summed E-state index contributed by atoms with van der Waals surface area (Å²) in [5.74, 6) is -0.127. The van der Waals surface area contributed by atoms with Crippen molar-refractivity contribution >= 4 is 5.69 Å². The molecular formula is C9H7N3O. The van der Waals surface area contributed by atoms with Crippen LogP contribution in [0.4, 0.5) is 5.69 Å². The van der Waals surface area contributed by atoms with Crippen molar-refractivity contribution in [3.05, 3.63) is 23.3 Å². The second-order valence-electron chi connectivity index (χ2n) is 2.51. The van der Waals surface area contributed by atoms with Gasteiger partial charge in [0.15, 0.2) is 0 Å². The van der Waals surface area contributed by atoms with Crippen LogP contribution < -0.4 is 5.73 Å². The molecule has 0 heterocycles. The Balaban J connectivity index is 3.28. The lowest BCUT2D eigenvalue weighted by Gasteiger charge is -2.02. The molecular weight excluding hydrogens is 166 g/mol. The minimum Gasteiger partial charge on any atom is -0.506 e. The van der Waals surface area contributed by atoms with Crippen LogP contribution in [0, 0.1) is 22.7 Å². The number of hydrogen-bond donors (Lipinski definition) is 2. The van der Waals surface area contributed by atoms with Crippen molar-refractivity contribution in [3.8, 4) is 17.9 Å². The van der Waals surface area contributed by atoms with Crippen molar-refractivity contribution in [2.75, 3.05) is 5.73 Å². The van der Waals surface area contributed by atoms with E-state index in [1.54, 1.807) is 0 Å². The van der Waals surface area contributed by atoms with Gasteiger partial charge in [-0.15, -0.1) is 0 Å². The van der Waals surface area contributed by atoms with Gasteiger partial charge in [-0.3, -0.25) is 0 Å². The van der Waals surface area contributed by atoms with Crippen molar-refractivity contribution in [2.24, 2.45) is 0 Å². The monoisotopic (exact) mass is 173 g/mol. The second kappa shape index (κ2) is 3.46. The lowest BCUT2D eigenvalue weighted by molar-refractivity contribution is 0.477. The number of anilines is 1. The molecule has 1 aromatic carbocycles. The van der Waals surface area contributed by atoms with Gasteiger partial charge >= 0.3 is 0 Å². The normalized spacial score (nSPS) is 8.77. The van der Waals surface area contributed by atoms with E-state index in [1.807, 2.05) is 12.1 Å². The van der Waals surface area contributed by atoms with Crippen LogP contribution in [0.2, 0.25) is 0 Å². The number of rotatable bonds is 1. The van der Waals surface area contributed by atoms with Gasteiger partial charge in [0, 0.05) is 6.07 Å². The van der Waals surface area contributed by atoms with E-state index in [4.69, 9.17) is 21.4 Å². The summed E-state index contributed by atoms with van der Waals surface area (Å²) in [5.41, 5.74) is 6.42. The Morgan fingerprint density at radius 2 is 2.08 bits per heavy atom. The minimum absolute atomic E-state index is 0.118. The summed E-state index contributed by atoms with van der Waals surface area (Å²) in [4.78, 5) is 0. The molecule has 0 fully saturated rings. The molecule has 1 rings (SSSR count). The van der Waals surface area contributed by atoms with E-state index >= 15 is 0 Å². The number of hydrogen-bond acceptors (Lipinski definition) is 4. The zero-order valence-electron chi connectivity index (χ0n) is 6.78. The van der Waals surface area contributed by atoms with Crippen molar-refractivity contribution in [1.29, 1.82) is 10.5 Å². The number of phenols is 1. The standard InChI is InChI=1S/C9H7N3O/c10-2-1-6-3-8(12)9(13)4-7(6)5-11/h3-4,13H,1,12H2. The van der Waals surface area contributed by atoms with E-state index in [0.29, 0.717) is 5.56 Å². The van der Waals surface area contributed by atoms with Crippen LogP contribution in [0.5, 0.6) is 5.75 Å². The highest BCUT2D eigenvalue weighted by Gasteiger charge is 2.06. The third-order valence-electron chi connectivity index (χ3n) is 1.64. The van der Waals surface area contributed by atoms with Gasteiger partial charge in [-0.2, -0.15) is 10.5 Å². The molecule has 0 saturated carbocycles. The Bertz CT molecular complexity index is 412. The highest BCUT2D eigenvalue weighted by molar-refractivity contribution is 5.59. The van der Waals surface area contributed by atoms with E-state index in [0.717, 1.165) is 0 Å². The minimum atomic E-state index is -0.127. The number of nitriles is 2. The average Bonchev–Trinajstić information content (AvgIpc) is 2.11. The number of benzene rings is 1. The molecule has 64 valence electrons. The summed E-state index contributed by atoms with van der Waals surface area (Å²) < 4.78 is 0. The van der Waals surface area contributed by atoms with Crippen LogP contribution in [0.1, 0.15) is 11.1 Å². The molecule has 0 spiro atoms. The quantitative estimate of drug-likeness (QED) is 0.487. The number of phenolic OH excluding ortho intramolecular Hbond substituents is 1. The molecule has 3 N–H and O–H groups in total. The smallest absolute Gasteiger partial charge is 0.139 e. The highest BCUT2D eigenvalue weighted by Crippen LogP contribution is 2.24. The van der Waals surface area contributed by atoms with Crippen LogP contribution in [-0.2, 0) is 6.42 Å². The summed E-state index contributed by atoms with van der Waals surface area (Å²) in [5, 5.41) is 26.3. The number of nitrogens with two attached hydrogens (primary N) is 1. The van der Waals surface area contributed by atoms with E-state index in [2.05, 4.69) is 0 Å². The first-order valence-electron chi connectivity index (χ1n) is 3.57. The SMILES string of the molecule is N#CCc1cc(N)c(O)cc1C#N. The zero-order valence-corrected chi connectivity index (χ0v) is 6.78. The van der Waals surface area contributed by atoms with Crippen LogP contribution in [0.15, 0.2) is 12.1 Å². The molecule has 0 radical (unpaired) electrons. The van der Waals surface area contributed by atoms with Crippen molar-refractivity contribution in [2.45, 2.75) is 6.42 Å². The van der Waals surface area contributed by atoms with E-state index < -0.39 is 0 Å². The Morgan fingerprint density at radius 1 is 1.38 bits per heavy atom. The summed E-state index contributed by atoms with van der Waals surface area (Å²) >= 11 is 0. The van der Waals surface area contributed by atoms with Crippen LogP contribution >= 0.6 is 0 Å². The van der Waals surface area contributed by atoms with Gasteiger partial charge in [0.05, 0.1) is 29.8 Å². The molecule has 0 bridgehead atoms. The molecule has 4 nitrogen and oxygen atoms in total. The van der Waals surface area contributed by atoms with Gasteiger partial charge < -0.3 is 10.8 Å². The molecule has 4 heteroatoms. The van der Waals surface area contributed by atoms with Crippen LogP contribution in [-0.4, -0.2) is 5.11 Å². The summed E-state index contributed by atoms with van der Waals surface area (Å²) in [6.07, 6.45) is 0.118. The molecule has 1 aromatic rings. The fourth-order valence-corrected chi connectivity index (χ4v) is 0.988. The topological polar surface area (TPSA) is 93.8 Å². The molecule has 0 aliphatic rings. The third kappa shape index (κ3) is 1.69. The van der Waals surface area contributed by atoms with Gasteiger partial charge in [-0.1, -0.05) is 0 Å². The zero-order chi connectivity index (χ0) is 9.84. The third-order valence-corrected chi connectivity index (χ3v) is 1.64. The van der Waals surface area contributed by atoms with Gasteiger partial charge in [0.25, 0.3) is 0 Å². The Labute approximate surface area is 75.4 Å². The van der Waals surface area contributed by atoms with Crippen molar-refractivity contribution in [3.63, 3.8) is 0 Å². The molecule has 0 aliphatic heterocycles. The highest BCUT2D eigenvalue weighted by atomic mass is 16.3. The Kier molecular flexibility index (Phi) is 2.37. The maximum Gasteiger partial charge on any atom is 0.139 e. The van der Waals surface area contributed by atoms with Gasteiger partial charge in [-0.05, 0) is 11.6 Å². The number of nitrogens with zero attached hydrogens (tertiary/aromatic N) is 2. The van der Waals surface area contributed by atoms with Crippen LogP contribution in [0.3, 0.4) is 0 Å². The predicted molar refractivity (Wildman–Crippen MR) is 46.6 cm³/mol. The second-order valence-corrected chi connectivity index (χ2v) is 2.51. The molecule has 0 aliphatic carbocycles. The number of nitrogen functional groups attached to an aromatic ring is 1. The van der Waals surface area contributed by atoms with Gasteiger partial charge in [-0.25, -0.2) is 0 Å². The maximum atomic E-state index is 9.16. The molecule has 13 heavy (non-hydrogen) atoms. The molecule has 0 atom stereocenters. The van der Waals surface area contributed by atoms with E-state index in [9.17, 15) is 0 Å². The Morgan fingerprint density at radius 3 is 2.62 bits per heavy atom. The molecule has 0 saturated heterocycles. The van der Waals surface area contributed by atoms with Crippen LogP contribution in [0.25, 0.3) is 0 Å². The van der Waals surface area contributed by atoms with E-state index in [-0.39, 0.29) is 23.4 Å². The van der Waals surface area contributed by atoms with Crippen molar-refractivity contribution < 1.29 is 5.11 Å². The van der Waals surface area contributed by atoms with Gasteiger partial charge in [0.1, 0.15) is 5.75 Å². The van der Waals surface area contributed by atoms with E-state index in [1.165, 1.54) is 12.1 Å². The largest absolute Gasteiger partial charge is 0.506 e. The fraction of sp³-hybridized carbons (Fsp3) is 0.111. The lowest BCUT2D eigenvalue weighted by Crippen LogP contribution is -1.93. The van der Waals surface area contributed by atoms with Crippen molar-refractivity contribution in [1.82, 2.24) is 0 Å². The summed E-state index contributed by atoms with van der Waals surface area (Å²) in [7, 11) is 0. The predicted octanol–water partition coefficient (Wildman–Crippen LogP) is 0.912. The maximum absolute atomic E-state index is 9.16. The average molecular weight is 173 g/mol. The lowest BCUT2D eigenvalue weighted by atomic mass is 10.0.